The summed E-state index contributed by atoms with van der Waals surface area (Å²) in [5.41, 5.74) is 0.724. The van der Waals surface area contributed by atoms with Gasteiger partial charge < -0.3 is 19.5 Å². The number of likely N-dealkylation sites (tertiary alicyclic amines) is 1. The summed E-state index contributed by atoms with van der Waals surface area (Å²) in [6.07, 6.45) is 7.80. The summed E-state index contributed by atoms with van der Waals surface area (Å²) in [4.78, 5) is 14.7. The van der Waals surface area contributed by atoms with Crippen molar-refractivity contribution in [3.8, 4) is 5.75 Å². The molecule has 0 aliphatic carbocycles. The highest BCUT2D eigenvalue weighted by molar-refractivity contribution is 5.78. The van der Waals surface area contributed by atoms with Crippen LogP contribution in [-0.2, 0) is 22.7 Å². The van der Waals surface area contributed by atoms with Crippen LogP contribution in [-0.4, -0.2) is 34.9 Å². The topological polar surface area (TPSA) is 59.0 Å². The van der Waals surface area contributed by atoms with Crippen molar-refractivity contribution in [3.63, 3.8) is 0 Å². The highest BCUT2D eigenvalue weighted by Gasteiger charge is 2.48. The second-order valence-electron chi connectivity index (χ2n) is 9.05. The Kier molecular flexibility index (Phi) is 9.76. The van der Waals surface area contributed by atoms with Crippen LogP contribution in [0.2, 0.25) is 0 Å². The molecule has 1 fully saturated rings. The Balaban J connectivity index is 1.74. The molecule has 1 N–H and O–H groups in total. The van der Waals surface area contributed by atoms with Crippen molar-refractivity contribution in [1.29, 1.82) is 0 Å². The molecule has 1 aliphatic rings. The lowest BCUT2D eigenvalue weighted by Crippen LogP contribution is -2.62. The molecule has 5 nitrogen and oxygen atoms in total. The fourth-order valence-corrected chi connectivity index (χ4v) is 4.60. The van der Waals surface area contributed by atoms with Gasteiger partial charge in [-0.1, -0.05) is 81.5 Å². The van der Waals surface area contributed by atoms with Crippen LogP contribution < -0.4 is 4.74 Å². The van der Waals surface area contributed by atoms with Gasteiger partial charge in [-0.25, -0.2) is 0 Å². The second-order valence-corrected chi connectivity index (χ2v) is 9.05. The van der Waals surface area contributed by atoms with E-state index in [4.69, 9.17) is 9.47 Å². The molecule has 0 spiro atoms. The number of rotatable bonds is 13. The average molecular weight is 454 g/mol. The summed E-state index contributed by atoms with van der Waals surface area (Å²) in [6, 6.07) is 17.7. The van der Waals surface area contributed by atoms with E-state index in [1.165, 1.54) is 19.3 Å². The first kappa shape index (κ1) is 25.3. The summed E-state index contributed by atoms with van der Waals surface area (Å²) in [5, 5.41) is 12.0. The van der Waals surface area contributed by atoms with E-state index in [2.05, 4.69) is 6.92 Å². The van der Waals surface area contributed by atoms with Gasteiger partial charge in [0.15, 0.2) is 5.72 Å². The number of amides is 1. The van der Waals surface area contributed by atoms with E-state index in [1.54, 1.807) is 12.0 Å². The minimum atomic E-state index is -1.31. The highest BCUT2D eigenvalue weighted by Crippen LogP contribution is 2.36. The number of benzene rings is 2. The standard InChI is InChI=1S/C28H39NO4/c1-3-4-5-6-7-11-20-28(31)26(33-22-24-12-9-8-10-13-24)18-19-27(30)29(28)21-23-14-16-25(32-2)17-15-23/h8-10,12-17,26,31H,3-7,11,18-22H2,1-2H3/t26-,28?/m0/s1. The maximum absolute atomic E-state index is 13.0. The fraction of sp³-hybridized carbons (Fsp3) is 0.536. The molecular formula is C28H39NO4. The van der Waals surface area contributed by atoms with Gasteiger partial charge >= 0.3 is 0 Å². The number of aliphatic hydroxyl groups is 1. The summed E-state index contributed by atoms with van der Waals surface area (Å²) in [5.74, 6) is 0.758. The van der Waals surface area contributed by atoms with Gasteiger partial charge in [0.1, 0.15) is 11.9 Å². The normalized spacial score (nSPS) is 20.8. The molecule has 33 heavy (non-hydrogen) atoms. The zero-order valence-electron chi connectivity index (χ0n) is 20.2. The van der Waals surface area contributed by atoms with Crippen LogP contribution in [0.4, 0.5) is 0 Å². The lowest BCUT2D eigenvalue weighted by atomic mass is 9.88. The average Bonchev–Trinajstić information content (AvgIpc) is 2.84. The van der Waals surface area contributed by atoms with E-state index >= 15 is 0 Å². The number of carbonyl (C=O) groups excluding carboxylic acids is 1. The van der Waals surface area contributed by atoms with Crippen molar-refractivity contribution in [2.75, 3.05) is 7.11 Å². The third kappa shape index (κ3) is 7.05. The largest absolute Gasteiger partial charge is 0.497 e. The zero-order valence-corrected chi connectivity index (χ0v) is 20.2. The van der Waals surface area contributed by atoms with Gasteiger partial charge in [0.05, 0.1) is 13.7 Å². The van der Waals surface area contributed by atoms with Crippen LogP contribution in [0.15, 0.2) is 54.6 Å². The van der Waals surface area contributed by atoms with Gasteiger partial charge in [0.2, 0.25) is 5.91 Å². The Bertz CT molecular complexity index is 839. The number of carbonyl (C=O) groups is 1. The van der Waals surface area contributed by atoms with Crippen LogP contribution >= 0.6 is 0 Å². The number of unbranched alkanes of at least 4 members (excludes halogenated alkanes) is 5. The number of ether oxygens (including phenoxy) is 2. The smallest absolute Gasteiger partial charge is 0.225 e. The number of nitrogens with zero attached hydrogens (tertiary/aromatic N) is 1. The van der Waals surface area contributed by atoms with E-state index in [1.807, 2.05) is 54.6 Å². The van der Waals surface area contributed by atoms with Gasteiger partial charge in [-0.3, -0.25) is 4.79 Å². The third-order valence-electron chi connectivity index (χ3n) is 6.60. The van der Waals surface area contributed by atoms with Gasteiger partial charge in [-0.15, -0.1) is 0 Å². The molecular weight excluding hydrogens is 414 g/mol. The molecule has 1 heterocycles. The number of hydrogen-bond donors (Lipinski definition) is 1. The molecule has 0 aromatic heterocycles. The molecule has 1 aliphatic heterocycles. The van der Waals surface area contributed by atoms with Crippen LogP contribution in [0.25, 0.3) is 0 Å². The predicted octanol–water partition coefficient (Wildman–Crippen LogP) is 5.84. The Morgan fingerprint density at radius 1 is 0.970 bits per heavy atom. The lowest BCUT2D eigenvalue weighted by molar-refractivity contribution is -0.225. The molecule has 2 aromatic rings. The Hall–Kier alpha value is -2.37. The number of piperidine rings is 1. The maximum atomic E-state index is 13.0. The van der Waals surface area contributed by atoms with Crippen LogP contribution in [0.5, 0.6) is 5.75 Å². The Morgan fingerprint density at radius 2 is 1.67 bits per heavy atom. The summed E-state index contributed by atoms with van der Waals surface area (Å²) in [6.45, 7) is 3.00. The maximum Gasteiger partial charge on any atom is 0.225 e. The molecule has 1 amide bonds. The molecule has 1 saturated heterocycles. The van der Waals surface area contributed by atoms with E-state index in [9.17, 15) is 9.90 Å². The number of hydrogen-bond acceptors (Lipinski definition) is 4. The van der Waals surface area contributed by atoms with Crippen LogP contribution in [0.1, 0.15) is 75.8 Å². The first-order valence-corrected chi connectivity index (χ1v) is 12.4. The first-order valence-electron chi connectivity index (χ1n) is 12.4. The monoisotopic (exact) mass is 453 g/mol. The third-order valence-corrected chi connectivity index (χ3v) is 6.60. The van der Waals surface area contributed by atoms with Gasteiger partial charge in [-0.2, -0.15) is 0 Å². The van der Waals surface area contributed by atoms with E-state index in [0.717, 1.165) is 36.1 Å². The molecule has 0 saturated carbocycles. The minimum absolute atomic E-state index is 0.0149. The van der Waals surface area contributed by atoms with Crippen LogP contribution in [0.3, 0.4) is 0 Å². The molecule has 3 rings (SSSR count). The van der Waals surface area contributed by atoms with Crippen LogP contribution in [0, 0.1) is 0 Å². The fourth-order valence-electron chi connectivity index (χ4n) is 4.60. The molecule has 1 unspecified atom stereocenters. The lowest BCUT2D eigenvalue weighted by Gasteiger charge is -2.48. The molecule has 2 atom stereocenters. The van der Waals surface area contributed by atoms with Gasteiger partial charge in [0, 0.05) is 13.0 Å². The predicted molar refractivity (Wildman–Crippen MR) is 131 cm³/mol. The highest BCUT2D eigenvalue weighted by atomic mass is 16.5. The summed E-state index contributed by atoms with van der Waals surface area (Å²) in [7, 11) is 1.64. The molecule has 5 heteroatoms. The second kappa shape index (κ2) is 12.8. The Morgan fingerprint density at radius 3 is 2.36 bits per heavy atom. The minimum Gasteiger partial charge on any atom is -0.497 e. The quantitative estimate of drug-likeness (QED) is 0.387. The molecule has 180 valence electrons. The van der Waals surface area contributed by atoms with Crippen molar-refractivity contribution in [2.45, 2.75) is 89.7 Å². The van der Waals surface area contributed by atoms with E-state index in [0.29, 0.717) is 32.4 Å². The molecule has 0 bridgehead atoms. The molecule has 0 radical (unpaired) electrons. The summed E-state index contributed by atoms with van der Waals surface area (Å²) < 4.78 is 11.5. The summed E-state index contributed by atoms with van der Waals surface area (Å²) >= 11 is 0. The first-order chi connectivity index (χ1) is 16.1. The van der Waals surface area contributed by atoms with E-state index < -0.39 is 11.8 Å². The Labute approximate surface area is 198 Å². The van der Waals surface area contributed by atoms with Gasteiger partial charge in [0.25, 0.3) is 0 Å². The van der Waals surface area contributed by atoms with E-state index in [-0.39, 0.29) is 5.91 Å². The van der Waals surface area contributed by atoms with Gasteiger partial charge in [-0.05, 0) is 42.5 Å². The molecule has 2 aromatic carbocycles. The van der Waals surface area contributed by atoms with Crippen molar-refractivity contribution in [1.82, 2.24) is 4.90 Å². The SMILES string of the molecule is CCCCCCCCC1(O)[C@@H](OCc2ccccc2)CCC(=O)N1Cc1ccc(OC)cc1. The van der Waals surface area contributed by atoms with Crippen molar-refractivity contribution >= 4 is 5.91 Å². The van der Waals surface area contributed by atoms with Crippen molar-refractivity contribution < 1.29 is 19.4 Å². The zero-order chi connectivity index (χ0) is 23.5. The van der Waals surface area contributed by atoms with Crippen molar-refractivity contribution in [3.05, 3.63) is 65.7 Å². The van der Waals surface area contributed by atoms with Crippen molar-refractivity contribution in [2.24, 2.45) is 0 Å². The number of methoxy groups -OCH3 is 1.